The van der Waals surface area contributed by atoms with Gasteiger partial charge in [-0.2, -0.15) is 0 Å². The zero-order valence-electron chi connectivity index (χ0n) is 49.9. The van der Waals surface area contributed by atoms with E-state index < -0.39 is 137 Å². The summed E-state index contributed by atoms with van der Waals surface area (Å²) in [7, 11) is 0. The van der Waals surface area contributed by atoms with Crippen LogP contribution in [-0.4, -0.2) is 0 Å². The molecule has 0 radical (unpaired) electrons. The van der Waals surface area contributed by atoms with E-state index in [1.807, 2.05) is 0 Å². The second-order valence-electron chi connectivity index (χ2n) is 13.1. The molecule has 1 atom stereocenters. The van der Waals surface area contributed by atoms with Crippen molar-refractivity contribution in [3.8, 4) is 33.4 Å². The van der Waals surface area contributed by atoms with Gasteiger partial charge in [-0.3, -0.25) is 0 Å². The predicted octanol–water partition coefficient (Wildman–Crippen LogP) is 13.0. The van der Waals surface area contributed by atoms with Crippen LogP contribution in [-0.2, 0) is 10.8 Å². The Bertz CT molecular complexity index is 4020. The van der Waals surface area contributed by atoms with Crippen molar-refractivity contribution in [1.82, 2.24) is 0 Å². The fourth-order valence-electron chi connectivity index (χ4n) is 8.20. The first kappa shape index (κ1) is 14.2. The molecule has 0 N–H and O–H groups in total. The Kier molecular flexibility index (Phi) is 2.84. The number of para-hydroxylation sites is 1. The maximum absolute atomic E-state index is 10.1. The summed E-state index contributed by atoms with van der Waals surface area (Å²) in [5, 5.41) is -0.257. The average molecular weight is 673 g/mol. The number of anilines is 3. The van der Waals surface area contributed by atoms with E-state index >= 15 is 0 Å². The van der Waals surface area contributed by atoms with Crippen LogP contribution in [0.1, 0.15) is 78.8 Å². The number of hydrogen-bond donors (Lipinski definition) is 0. The zero-order chi connectivity index (χ0) is 53.9. The summed E-state index contributed by atoms with van der Waals surface area (Å²) in [6.45, 7) is 3.33. The van der Waals surface area contributed by atoms with Gasteiger partial charge in [-0.05, 0) is 114 Å². The summed E-state index contributed by atoms with van der Waals surface area (Å²) >= 11 is 0. The third-order valence-corrected chi connectivity index (χ3v) is 10.3. The SMILES string of the molecule is [2H]c1cc2c(c([2H])c1[2H])-c1c([2H])cc(N(c3cc4c(c([2H])c3[2H])-c3c(cc([2H])c([2H])c3[2H])C43c4c([2H])c([2H])c([2H])c([2H])c4-c4c([2H])c([2H])c5c([2H])c([2H])ccc5c43)c3c([2H])c([2H])c([2H])c([2H])c3[2H])c([2H])c1C2(C)C. The molecule has 0 heterocycles. The standard InChI is InChI=1S/C50H35N/c1-49(2)43-21-11-8-18-37(43)40-28-25-34(30-46(40)49)51(33-15-4-3-5-16-33)35-26-29-41-38-19-9-12-22-44(38)50(47(41)31-35)45-23-13-10-20-39(45)42-27-24-32-14-6-7-17-36(32)48(42)50/h3-31H,1-2H3/i3D,4D,5D,6D,8D,9D,10D,11D,12D,13D,14D,15D,16D,18D,19D,20D,23D,24D,26D,27D,28D,29D,30D. The summed E-state index contributed by atoms with van der Waals surface area (Å²) in [4.78, 5) is 0.949. The van der Waals surface area contributed by atoms with Crippen molar-refractivity contribution in [2.24, 2.45) is 0 Å². The lowest BCUT2D eigenvalue weighted by Crippen LogP contribution is -2.26. The Morgan fingerprint density at radius 1 is 0.451 bits per heavy atom. The molecule has 0 bridgehead atoms. The normalized spacial score (nSPS) is 23.0. The van der Waals surface area contributed by atoms with Crippen LogP contribution in [0.5, 0.6) is 0 Å². The largest absolute Gasteiger partial charge is 0.310 e. The van der Waals surface area contributed by atoms with E-state index in [1.54, 1.807) is 13.8 Å². The molecule has 1 heteroatoms. The minimum Gasteiger partial charge on any atom is -0.310 e. The first-order chi connectivity index (χ1) is 34.6. The Labute approximate surface area is 331 Å². The third-order valence-electron chi connectivity index (χ3n) is 10.3. The van der Waals surface area contributed by atoms with Gasteiger partial charge in [0, 0.05) is 22.5 Å². The van der Waals surface area contributed by atoms with Crippen LogP contribution in [0.4, 0.5) is 17.1 Å². The van der Waals surface area contributed by atoms with Gasteiger partial charge in [0.1, 0.15) is 0 Å². The number of hydrogen-bond acceptors (Lipinski definition) is 1. The van der Waals surface area contributed by atoms with Gasteiger partial charge >= 0.3 is 0 Å². The molecule has 240 valence electrons. The quantitative estimate of drug-likeness (QED) is 0.181. The first-order valence-electron chi connectivity index (χ1n) is 27.6. The molecule has 51 heavy (non-hydrogen) atoms. The monoisotopic (exact) mass is 672 g/mol. The van der Waals surface area contributed by atoms with Crippen molar-refractivity contribution in [3.63, 3.8) is 0 Å². The van der Waals surface area contributed by atoms with Gasteiger partial charge in [0.2, 0.25) is 0 Å². The Morgan fingerprint density at radius 2 is 1.12 bits per heavy atom. The molecule has 0 aromatic heterocycles. The molecule has 8 aromatic carbocycles. The van der Waals surface area contributed by atoms with E-state index in [1.165, 1.54) is 30.3 Å². The average Bonchev–Trinajstić information content (AvgIpc) is 3.92. The zero-order valence-corrected chi connectivity index (χ0v) is 26.9. The molecule has 11 rings (SSSR count). The topological polar surface area (TPSA) is 3.24 Å². The van der Waals surface area contributed by atoms with Crippen molar-refractivity contribution in [3.05, 3.63) is 209 Å². The molecule has 1 spiro atoms. The van der Waals surface area contributed by atoms with Crippen LogP contribution < -0.4 is 4.90 Å². The molecule has 1 nitrogen and oxygen atoms in total. The van der Waals surface area contributed by atoms with Crippen LogP contribution in [0.25, 0.3) is 44.2 Å². The van der Waals surface area contributed by atoms with Crippen LogP contribution in [0, 0.1) is 0 Å². The van der Waals surface area contributed by atoms with E-state index in [2.05, 4.69) is 0 Å². The maximum atomic E-state index is 10.1. The minimum atomic E-state index is -2.31. The Balaban J connectivity index is 1.38. The maximum Gasteiger partial charge on any atom is 0.0732 e. The predicted molar refractivity (Wildman–Crippen MR) is 212 cm³/mol. The highest BCUT2D eigenvalue weighted by Gasteiger charge is 2.52. The lowest BCUT2D eigenvalue weighted by Gasteiger charge is -2.33. The lowest BCUT2D eigenvalue weighted by atomic mass is 9.69. The first-order valence-corrected chi connectivity index (χ1v) is 16.1. The number of rotatable bonds is 3. The van der Waals surface area contributed by atoms with Gasteiger partial charge < -0.3 is 4.90 Å². The van der Waals surface area contributed by atoms with E-state index in [0.717, 1.165) is 11.0 Å². The van der Waals surface area contributed by atoms with Gasteiger partial charge in [0.15, 0.2) is 0 Å². The molecule has 0 amide bonds. The number of nitrogens with zero attached hydrogens (tertiary/aromatic N) is 1. The highest BCUT2D eigenvalue weighted by Crippen LogP contribution is 2.64. The van der Waals surface area contributed by atoms with Crippen molar-refractivity contribution >= 4 is 27.8 Å². The summed E-state index contributed by atoms with van der Waals surface area (Å²) in [5.74, 6) is 0. The van der Waals surface area contributed by atoms with Crippen molar-refractivity contribution in [2.45, 2.75) is 24.7 Å². The Morgan fingerprint density at radius 3 is 1.96 bits per heavy atom. The molecule has 8 aromatic rings. The van der Waals surface area contributed by atoms with Gasteiger partial charge in [-0.15, -0.1) is 0 Å². The molecule has 3 aliphatic carbocycles. The summed E-state index contributed by atoms with van der Waals surface area (Å²) < 4.78 is 211. The number of benzene rings is 8. The summed E-state index contributed by atoms with van der Waals surface area (Å²) in [5.41, 5.74) is -6.31. The van der Waals surface area contributed by atoms with Gasteiger partial charge in [0.25, 0.3) is 0 Å². The summed E-state index contributed by atoms with van der Waals surface area (Å²) in [6, 6.07) is -6.97. The fraction of sp³-hybridized carbons (Fsp3) is 0.0800. The second-order valence-corrected chi connectivity index (χ2v) is 13.1. The molecule has 3 aliphatic rings. The molecular formula is C50H35N. The third kappa shape index (κ3) is 3.65. The van der Waals surface area contributed by atoms with Crippen LogP contribution in [0.2, 0.25) is 0 Å². The number of fused-ring (bicyclic) bond motifs is 15. The lowest BCUT2D eigenvalue weighted by molar-refractivity contribution is 0.660. The summed E-state index contributed by atoms with van der Waals surface area (Å²) in [6.07, 6.45) is 0. The molecule has 0 aliphatic heterocycles. The smallest absolute Gasteiger partial charge is 0.0732 e. The van der Waals surface area contributed by atoms with Gasteiger partial charge in [0.05, 0.1) is 36.9 Å². The molecular weight excluding hydrogens is 615 g/mol. The molecule has 1 unspecified atom stereocenters. The van der Waals surface area contributed by atoms with Gasteiger partial charge in [-0.1, -0.05) is 153 Å². The van der Waals surface area contributed by atoms with Crippen LogP contribution in [0.3, 0.4) is 0 Å². The van der Waals surface area contributed by atoms with Crippen LogP contribution >= 0.6 is 0 Å². The van der Waals surface area contributed by atoms with E-state index in [4.69, 9.17) is 16.4 Å². The van der Waals surface area contributed by atoms with Crippen LogP contribution in [0.15, 0.2) is 175 Å². The van der Waals surface area contributed by atoms with E-state index in [9.17, 15) is 15.1 Å². The van der Waals surface area contributed by atoms with E-state index in [-0.39, 0.29) is 102 Å². The molecule has 0 saturated carbocycles. The minimum absolute atomic E-state index is 0.0134. The Hall–Kier alpha value is -6.18. The molecule has 0 saturated heterocycles. The highest BCUT2D eigenvalue weighted by atomic mass is 15.1. The molecule has 0 fully saturated rings. The van der Waals surface area contributed by atoms with Crippen molar-refractivity contribution in [1.29, 1.82) is 0 Å². The second kappa shape index (κ2) is 10.2. The highest BCUT2D eigenvalue weighted by molar-refractivity contribution is 6.04. The van der Waals surface area contributed by atoms with E-state index in [0.29, 0.717) is 5.56 Å². The fourth-order valence-corrected chi connectivity index (χ4v) is 8.20. The van der Waals surface area contributed by atoms with Gasteiger partial charge in [-0.25, -0.2) is 0 Å². The van der Waals surface area contributed by atoms with Crippen molar-refractivity contribution < 1.29 is 31.5 Å². The van der Waals surface area contributed by atoms with Crippen molar-refractivity contribution in [2.75, 3.05) is 4.90 Å².